The second-order valence-electron chi connectivity index (χ2n) is 6.99. The van der Waals surface area contributed by atoms with Gasteiger partial charge in [-0.15, -0.1) is 0 Å². The van der Waals surface area contributed by atoms with Crippen LogP contribution in [0.15, 0.2) is 54.6 Å². The molecule has 0 bridgehead atoms. The van der Waals surface area contributed by atoms with E-state index in [-0.39, 0.29) is 30.9 Å². The summed E-state index contributed by atoms with van der Waals surface area (Å²) in [6.07, 6.45) is -1.43. The molecule has 2 aromatic carbocycles. The standard InChI is InChI=1S/C22H26NO8P/c1-29-20(24)18-10-6-9-17(13-18)15-32(27,28)12-11-19(21(25)30-2)23-22(26)31-14-16-7-4-3-5-8-16/h3-10,13,19H,11-12,14-15H2,1-2H3,(H,23,26)(H,27,28)/t19-/m1/s1. The van der Waals surface area contributed by atoms with Crippen molar-refractivity contribution < 1.29 is 38.1 Å². The van der Waals surface area contributed by atoms with Crippen LogP contribution in [-0.2, 0) is 36.3 Å². The number of methoxy groups -OCH3 is 2. The van der Waals surface area contributed by atoms with Gasteiger partial charge >= 0.3 is 18.0 Å². The first-order valence-corrected chi connectivity index (χ1v) is 11.8. The van der Waals surface area contributed by atoms with Gasteiger partial charge in [0.1, 0.15) is 12.6 Å². The predicted molar refractivity (Wildman–Crippen MR) is 116 cm³/mol. The number of carbonyl (C=O) groups excluding carboxylic acids is 3. The Morgan fingerprint density at radius 2 is 1.69 bits per heavy atom. The van der Waals surface area contributed by atoms with Crippen LogP contribution < -0.4 is 5.32 Å². The summed E-state index contributed by atoms with van der Waals surface area (Å²) < 4.78 is 27.1. The van der Waals surface area contributed by atoms with Crippen molar-refractivity contribution in [2.45, 2.75) is 25.2 Å². The third-order valence-electron chi connectivity index (χ3n) is 4.54. The lowest BCUT2D eigenvalue weighted by Gasteiger charge is -2.18. The highest BCUT2D eigenvalue weighted by atomic mass is 31.2. The van der Waals surface area contributed by atoms with Crippen molar-refractivity contribution in [3.8, 4) is 0 Å². The molecule has 0 aliphatic rings. The number of alkyl carbamates (subject to hydrolysis) is 1. The molecule has 10 heteroatoms. The number of esters is 2. The summed E-state index contributed by atoms with van der Waals surface area (Å²) in [6, 6.07) is 14.1. The van der Waals surface area contributed by atoms with E-state index >= 15 is 0 Å². The topological polar surface area (TPSA) is 128 Å². The Morgan fingerprint density at radius 1 is 1.00 bits per heavy atom. The summed E-state index contributed by atoms with van der Waals surface area (Å²) in [4.78, 5) is 46.1. The molecule has 1 amide bonds. The first-order valence-electron chi connectivity index (χ1n) is 9.77. The van der Waals surface area contributed by atoms with Gasteiger partial charge in [-0.05, 0) is 29.7 Å². The van der Waals surface area contributed by atoms with Crippen LogP contribution in [0.5, 0.6) is 0 Å². The molecule has 0 radical (unpaired) electrons. The van der Waals surface area contributed by atoms with Crippen LogP contribution in [0.2, 0.25) is 0 Å². The minimum atomic E-state index is -3.74. The average Bonchev–Trinajstić information content (AvgIpc) is 2.79. The molecule has 0 aromatic heterocycles. The Hall–Kier alpha value is -3.16. The Balaban J connectivity index is 1.95. The van der Waals surface area contributed by atoms with Gasteiger partial charge in [0.05, 0.1) is 19.8 Å². The Bertz CT molecular complexity index is 979. The Kier molecular flexibility index (Phi) is 9.43. The lowest BCUT2D eigenvalue weighted by molar-refractivity contribution is -0.143. The fourth-order valence-electron chi connectivity index (χ4n) is 2.91. The van der Waals surface area contributed by atoms with E-state index in [2.05, 4.69) is 14.8 Å². The smallest absolute Gasteiger partial charge is 0.408 e. The SMILES string of the molecule is COC(=O)c1cccc(CP(=O)(O)CC[C@@H](NC(=O)OCc2ccccc2)C(=O)OC)c1. The zero-order valence-electron chi connectivity index (χ0n) is 17.9. The van der Waals surface area contributed by atoms with E-state index in [9.17, 15) is 23.8 Å². The van der Waals surface area contributed by atoms with E-state index in [4.69, 9.17) is 4.74 Å². The van der Waals surface area contributed by atoms with Crippen molar-refractivity contribution in [2.24, 2.45) is 0 Å². The quantitative estimate of drug-likeness (QED) is 0.313. The van der Waals surface area contributed by atoms with Crippen LogP contribution in [-0.4, -0.2) is 49.3 Å². The first kappa shape index (κ1) is 25.1. The van der Waals surface area contributed by atoms with Gasteiger partial charge in [-0.25, -0.2) is 14.4 Å². The van der Waals surface area contributed by atoms with Gasteiger partial charge < -0.3 is 24.4 Å². The van der Waals surface area contributed by atoms with Gasteiger partial charge in [0.25, 0.3) is 0 Å². The van der Waals surface area contributed by atoms with Gasteiger partial charge in [-0.1, -0.05) is 42.5 Å². The second kappa shape index (κ2) is 12.0. The van der Waals surface area contributed by atoms with E-state index in [1.165, 1.54) is 19.2 Å². The highest BCUT2D eigenvalue weighted by Crippen LogP contribution is 2.45. The summed E-state index contributed by atoms with van der Waals surface area (Å²) in [5.74, 6) is -1.31. The van der Waals surface area contributed by atoms with Gasteiger partial charge in [0, 0.05) is 12.3 Å². The van der Waals surface area contributed by atoms with Crippen LogP contribution in [0.1, 0.15) is 27.9 Å². The summed E-state index contributed by atoms with van der Waals surface area (Å²) in [7, 11) is -1.33. The van der Waals surface area contributed by atoms with Crippen molar-refractivity contribution in [1.29, 1.82) is 0 Å². The molecule has 0 aliphatic carbocycles. The zero-order valence-corrected chi connectivity index (χ0v) is 18.7. The van der Waals surface area contributed by atoms with Gasteiger partial charge in [-0.2, -0.15) is 0 Å². The number of nitrogens with one attached hydrogen (secondary N) is 1. The zero-order chi connectivity index (χ0) is 23.6. The van der Waals surface area contributed by atoms with Gasteiger partial charge in [-0.3, -0.25) is 4.57 Å². The van der Waals surface area contributed by atoms with Gasteiger partial charge in [0.2, 0.25) is 7.37 Å². The molecule has 32 heavy (non-hydrogen) atoms. The molecule has 0 aliphatic heterocycles. The van der Waals surface area contributed by atoms with E-state index in [1.807, 2.05) is 6.07 Å². The van der Waals surface area contributed by atoms with Crippen LogP contribution >= 0.6 is 7.37 Å². The number of rotatable bonds is 10. The Morgan fingerprint density at radius 3 is 2.34 bits per heavy atom. The highest BCUT2D eigenvalue weighted by molar-refractivity contribution is 7.57. The van der Waals surface area contributed by atoms with E-state index in [1.54, 1.807) is 36.4 Å². The Labute approximate surface area is 186 Å². The molecule has 0 spiro atoms. The van der Waals surface area contributed by atoms with E-state index < -0.39 is 31.4 Å². The number of carbonyl (C=O) groups is 3. The maximum Gasteiger partial charge on any atom is 0.408 e. The van der Waals surface area contributed by atoms with Crippen LogP contribution in [0, 0.1) is 0 Å². The molecule has 0 heterocycles. The largest absolute Gasteiger partial charge is 0.467 e. The lowest BCUT2D eigenvalue weighted by Crippen LogP contribution is -2.42. The summed E-state index contributed by atoms with van der Waals surface area (Å²) in [6.45, 7) is 0.00952. The lowest BCUT2D eigenvalue weighted by atomic mass is 10.1. The number of amides is 1. The summed E-state index contributed by atoms with van der Waals surface area (Å²) >= 11 is 0. The molecule has 0 saturated heterocycles. The normalized spacial score (nSPS) is 13.3. The minimum absolute atomic E-state index is 0.00952. The monoisotopic (exact) mass is 463 g/mol. The molecule has 2 N–H and O–H groups in total. The van der Waals surface area contributed by atoms with Crippen molar-refractivity contribution in [3.63, 3.8) is 0 Å². The fourth-order valence-corrected chi connectivity index (χ4v) is 4.49. The van der Waals surface area contributed by atoms with Crippen LogP contribution in [0.3, 0.4) is 0 Å². The molecule has 0 saturated carbocycles. The molecular weight excluding hydrogens is 437 g/mol. The average molecular weight is 463 g/mol. The molecule has 2 atom stereocenters. The molecule has 2 rings (SSSR count). The van der Waals surface area contributed by atoms with Crippen molar-refractivity contribution in [2.75, 3.05) is 20.4 Å². The molecule has 1 unspecified atom stereocenters. The maximum absolute atomic E-state index is 12.7. The molecule has 2 aromatic rings. The van der Waals surface area contributed by atoms with Crippen molar-refractivity contribution >= 4 is 25.4 Å². The number of ether oxygens (including phenoxy) is 3. The second-order valence-corrected chi connectivity index (χ2v) is 9.45. The summed E-state index contributed by atoms with van der Waals surface area (Å²) in [5, 5.41) is 2.38. The summed E-state index contributed by atoms with van der Waals surface area (Å²) in [5.41, 5.74) is 1.51. The van der Waals surface area contributed by atoms with Crippen LogP contribution in [0.25, 0.3) is 0 Å². The minimum Gasteiger partial charge on any atom is -0.467 e. The predicted octanol–water partition coefficient (Wildman–Crippen LogP) is 3.10. The number of hydrogen-bond donors (Lipinski definition) is 2. The molecule has 172 valence electrons. The maximum atomic E-state index is 12.7. The van der Waals surface area contributed by atoms with Crippen molar-refractivity contribution in [3.05, 3.63) is 71.3 Å². The first-order chi connectivity index (χ1) is 15.2. The van der Waals surface area contributed by atoms with Gasteiger partial charge in [0.15, 0.2) is 0 Å². The van der Waals surface area contributed by atoms with Crippen LogP contribution in [0.4, 0.5) is 4.79 Å². The van der Waals surface area contributed by atoms with E-state index in [0.717, 1.165) is 12.7 Å². The third kappa shape index (κ3) is 8.17. The molecule has 9 nitrogen and oxygen atoms in total. The van der Waals surface area contributed by atoms with Crippen molar-refractivity contribution in [1.82, 2.24) is 5.32 Å². The molecule has 0 fully saturated rings. The fraction of sp³-hybridized carbons (Fsp3) is 0.318. The van der Waals surface area contributed by atoms with E-state index in [0.29, 0.717) is 5.56 Å². The number of hydrogen-bond acceptors (Lipinski definition) is 7. The third-order valence-corrected chi connectivity index (χ3v) is 6.35. The highest BCUT2D eigenvalue weighted by Gasteiger charge is 2.27. The number of benzene rings is 2. The molecular formula is C22H26NO8P.